The van der Waals surface area contributed by atoms with E-state index < -0.39 is 18.7 Å². The van der Waals surface area contributed by atoms with Crippen molar-refractivity contribution in [2.45, 2.75) is 6.10 Å². The molecule has 6 nitrogen and oxygen atoms in total. The third-order valence-electron chi connectivity index (χ3n) is 0.458. The molecule has 0 aliphatic carbocycles. The maximum absolute atomic E-state index is 9.52. The molecule has 1 atom stereocenters. The zero-order valence-corrected chi connectivity index (χ0v) is 6.27. The van der Waals surface area contributed by atoms with E-state index in [0.717, 1.165) is 0 Å². The van der Waals surface area contributed by atoms with Gasteiger partial charge in [0.25, 0.3) is 0 Å². The van der Waals surface area contributed by atoms with Gasteiger partial charge in [0.1, 0.15) is 0 Å². The summed E-state index contributed by atoms with van der Waals surface area (Å²) in [5.74, 6) is -1.40. The summed E-state index contributed by atoms with van der Waals surface area (Å²) in [5, 5.41) is 23.7. The number of carbonyl (C=O) groups is 1. The van der Waals surface area contributed by atoms with Gasteiger partial charge in [-0.15, -0.1) is 0 Å². The Morgan fingerprint density at radius 2 is 1.70 bits per heavy atom. The average Bonchev–Trinajstić information content (AvgIpc) is 1.65. The van der Waals surface area contributed by atoms with Gasteiger partial charge in [0, 0.05) is 17.4 Å². The van der Waals surface area contributed by atoms with Gasteiger partial charge < -0.3 is 26.3 Å². The fraction of sp³-hybridized carbons (Fsp3) is 0.667. The summed E-state index contributed by atoms with van der Waals surface area (Å²) in [7, 11) is 0. The first-order valence-corrected chi connectivity index (χ1v) is 1.70. The van der Waals surface area contributed by atoms with E-state index in [9.17, 15) is 4.79 Å². The van der Waals surface area contributed by atoms with Crippen LogP contribution in [0.15, 0.2) is 0 Å². The molecule has 7 N–H and O–H groups in total. The van der Waals surface area contributed by atoms with Crippen molar-refractivity contribution in [1.82, 2.24) is 0 Å². The number of aliphatic hydroxyl groups is 2. The molecule has 0 rings (SSSR count). The third kappa shape index (κ3) is 10.8. The molecule has 0 aliphatic heterocycles. The number of aliphatic hydroxyl groups excluding tert-OH is 2. The van der Waals surface area contributed by atoms with Crippen LogP contribution in [0.2, 0.25) is 0 Å². The Morgan fingerprint density at radius 1 is 1.40 bits per heavy atom. The predicted molar refractivity (Wildman–Crippen MR) is 33.7 cm³/mol. The standard InChI is InChI=1S/C3H6O4.Al.2H2O/c4-1-2(5)3(6)7;;;/h2,4-5H,1H2,(H,6,7);;2*1H2. The van der Waals surface area contributed by atoms with Gasteiger partial charge in [-0.25, -0.2) is 4.79 Å². The molecule has 3 radical (unpaired) electrons. The zero-order valence-electron chi connectivity index (χ0n) is 5.11. The first-order valence-electron chi connectivity index (χ1n) is 1.70. The molecule has 0 aromatic carbocycles. The van der Waals surface area contributed by atoms with Crippen LogP contribution < -0.4 is 0 Å². The van der Waals surface area contributed by atoms with Crippen LogP contribution in [0.3, 0.4) is 0 Å². The van der Waals surface area contributed by atoms with Gasteiger partial charge in [-0.2, -0.15) is 0 Å². The Hall–Kier alpha value is -0.158. The van der Waals surface area contributed by atoms with Crippen LogP contribution in [-0.2, 0) is 4.79 Å². The van der Waals surface area contributed by atoms with E-state index >= 15 is 0 Å². The second kappa shape index (κ2) is 11.6. The summed E-state index contributed by atoms with van der Waals surface area (Å²) in [5.41, 5.74) is 0. The molecule has 0 heterocycles. The fourth-order valence-electron chi connectivity index (χ4n) is 0.0781. The smallest absolute Gasteiger partial charge is 0.334 e. The Kier molecular flexibility index (Phi) is 26.2. The Labute approximate surface area is 67.8 Å². The normalized spacial score (nSPS) is 9.40. The fourth-order valence-corrected chi connectivity index (χ4v) is 0.0781. The van der Waals surface area contributed by atoms with Crippen LogP contribution in [-0.4, -0.2) is 62.3 Å². The van der Waals surface area contributed by atoms with Crippen molar-refractivity contribution >= 4 is 23.3 Å². The molecule has 0 aliphatic rings. The van der Waals surface area contributed by atoms with Crippen molar-refractivity contribution < 1.29 is 31.1 Å². The highest BCUT2D eigenvalue weighted by Gasteiger charge is 2.08. The second-order valence-electron chi connectivity index (χ2n) is 1.04. The molecule has 0 bridgehead atoms. The Bertz CT molecular complexity index is 75.4. The van der Waals surface area contributed by atoms with E-state index in [1.807, 2.05) is 0 Å². The van der Waals surface area contributed by atoms with E-state index in [1.165, 1.54) is 0 Å². The lowest BCUT2D eigenvalue weighted by molar-refractivity contribution is -0.148. The molecule has 10 heavy (non-hydrogen) atoms. The van der Waals surface area contributed by atoms with Crippen LogP contribution in [0.1, 0.15) is 0 Å². The first kappa shape index (κ1) is 22.5. The summed E-state index contributed by atoms with van der Waals surface area (Å²) >= 11 is 0. The monoisotopic (exact) mass is 169 g/mol. The summed E-state index contributed by atoms with van der Waals surface area (Å²) in [6.45, 7) is -0.727. The van der Waals surface area contributed by atoms with Crippen molar-refractivity contribution in [3.63, 3.8) is 0 Å². The van der Waals surface area contributed by atoms with Crippen molar-refractivity contribution in [3.05, 3.63) is 0 Å². The van der Waals surface area contributed by atoms with Crippen LogP contribution in [0, 0.1) is 0 Å². The highest BCUT2D eigenvalue weighted by molar-refractivity contribution is 5.75. The summed E-state index contributed by atoms with van der Waals surface area (Å²) in [6.07, 6.45) is -1.63. The van der Waals surface area contributed by atoms with Gasteiger partial charge in [0.15, 0.2) is 6.10 Å². The number of carboxylic acid groups (broad SMARTS) is 1. The lowest BCUT2D eigenvalue weighted by Gasteiger charge is -1.95. The van der Waals surface area contributed by atoms with Crippen molar-refractivity contribution in [2.75, 3.05) is 6.61 Å². The molecule has 7 heteroatoms. The van der Waals surface area contributed by atoms with Gasteiger partial charge in [0.05, 0.1) is 6.61 Å². The molecule has 0 aromatic heterocycles. The largest absolute Gasteiger partial charge is 0.479 e. The highest BCUT2D eigenvalue weighted by atomic mass is 27.0. The topological polar surface area (TPSA) is 141 Å². The Balaban J connectivity index is -0.0000000600. The minimum atomic E-state index is -1.63. The lowest BCUT2D eigenvalue weighted by Crippen LogP contribution is -2.22. The van der Waals surface area contributed by atoms with Gasteiger partial charge in [-0.3, -0.25) is 0 Å². The third-order valence-corrected chi connectivity index (χ3v) is 0.458. The maximum Gasteiger partial charge on any atom is 0.334 e. The number of carboxylic acids is 1. The number of hydrogen-bond donors (Lipinski definition) is 3. The van der Waals surface area contributed by atoms with Crippen LogP contribution in [0.5, 0.6) is 0 Å². The van der Waals surface area contributed by atoms with Gasteiger partial charge in [-0.1, -0.05) is 0 Å². The summed E-state index contributed by atoms with van der Waals surface area (Å²) in [6, 6.07) is 0. The minimum Gasteiger partial charge on any atom is -0.479 e. The molecule has 0 saturated carbocycles. The molecular formula is C3H10AlO6. The molecule has 0 aromatic rings. The molecule has 0 spiro atoms. The number of rotatable bonds is 2. The first-order chi connectivity index (χ1) is 3.18. The van der Waals surface area contributed by atoms with Gasteiger partial charge in [-0.05, 0) is 0 Å². The van der Waals surface area contributed by atoms with Crippen molar-refractivity contribution in [2.24, 2.45) is 0 Å². The summed E-state index contributed by atoms with van der Waals surface area (Å²) in [4.78, 5) is 9.52. The molecule has 0 fully saturated rings. The average molecular weight is 169 g/mol. The van der Waals surface area contributed by atoms with Crippen LogP contribution in [0.4, 0.5) is 0 Å². The predicted octanol–water partition coefficient (Wildman–Crippen LogP) is -3.61. The molecule has 1 unspecified atom stereocenters. The SMILES string of the molecule is O.O.O=C(O)C(O)CO.[Al]. The Morgan fingerprint density at radius 3 is 1.70 bits per heavy atom. The highest BCUT2D eigenvalue weighted by Crippen LogP contribution is 1.75. The second-order valence-corrected chi connectivity index (χ2v) is 1.04. The number of hydrogen-bond acceptors (Lipinski definition) is 3. The van der Waals surface area contributed by atoms with E-state index in [0.29, 0.717) is 0 Å². The van der Waals surface area contributed by atoms with Gasteiger partial charge >= 0.3 is 5.97 Å². The molecular weight excluding hydrogens is 159 g/mol. The van der Waals surface area contributed by atoms with Gasteiger partial charge in [0.2, 0.25) is 0 Å². The zero-order chi connectivity index (χ0) is 5.86. The quantitative estimate of drug-likeness (QED) is 0.367. The number of aliphatic carboxylic acids is 1. The molecule has 0 amide bonds. The van der Waals surface area contributed by atoms with Crippen LogP contribution >= 0.6 is 0 Å². The van der Waals surface area contributed by atoms with E-state index in [1.54, 1.807) is 0 Å². The lowest BCUT2D eigenvalue weighted by atomic mass is 10.4. The molecule has 0 saturated heterocycles. The van der Waals surface area contributed by atoms with Crippen molar-refractivity contribution in [1.29, 1.82) is 0 Å². The van der Waals surface area contributed by atoms with E-state index in [4.69, 9.17) is 15.3 Å². The maximum atomic E-state index is 9.52. The van der Waals surface area contributed by atoms with Crippen molar-refractivity contribution in [3.8, 4) is 0 Å². The van der Waals surface area contributed by atoms with Crippen LogP contribution in [0.25, 0.3) is 0 Å². The van der Waals surface area contributed by atoms with E-state index in [-0.39, 0.29) is 28.3 Å². The minimum absolute atomic E-state index is 0. The molecule has 61 valence electrons. The van der Waals surface area contributed by atoms with E-state index in [2.05, 4.69) is 0 Å². The summed E-state index contributed by atoms with van der Waals surface area (Å²) < 4.78 is 0.